The van der Waals surface area contributed by atoms with Gasteiger partial charge in [0, 0.05) is 31.1 Å². The van der Waals surface area contributed by atoms with E-state index >= 15 is 0 Å². The molecule has 1 saturated carbocycles. The van der Waals surface area contributed by atoms with E-state index in [-0.39, 0.29) is 5.91 Å². The van der Waals surface area contributed by atoms with Gasteiger partial charge in [0.1, 0.15) is 12.3 Å². The third-order valence-electron chi connectivity index (χ3n) is 4.30. The SMILES string of the molecule is CC(=O)Nc1ccc(C=O)cc1.CC(=O)O.NC1CCCCC1.NCCCC[C@H](N)C(=O)O. The van der Waals surface area contributed by atoms with Crippen LogP contribution in [0.5, 0.6) is 0 Å². The average molecular weight is 469 g/mol. The fourth-order valence-corrected chi connectivity index (χ4v) is 2.61. The van der Waals surface area contributed by atoms with Crippen molar-refractivity contribution in [3.8, 4) is 0 Å². The Kier molecular flexibility index (Phi) is 20.6. The molecular weight excluding hydrogens is 428 g/mol. The van der Waals surface area contributed by atoms with Crippen LogP contribution in [0.4, 0.5) is 5.69 Å². The molecule has 1 aliphatic carbocycles. The van der Waals surface area contributed by atoms with Crippen LogP contribution in [0.3, 0.4) is 0 Å². The highest BCUT2D eigenvalue weighted by Gasteiger charge is 2.09. The van der Waals surface area contributed by atoms with E-state index < -0.39 is 18.0 Å². The molecule has 188 valence electrons. The van der Waals surface area contributed by atoms with Crippen molar-refractivity contribution in [1.29, 1.82) is 0 Å². The van der Waals surface area contributed by atoms with Gasteiger partial charge < -0.3 is 32.7 Å². The van der Waals surface area contributed by atoms with Gasteiger partial charge in [-0.2, -0.15) is 0 Å². The number of nitrogens with two attached hydrogens (primary N) is 3. The summed E-state index contributed by atoms with van der Waals surface area (Å²) in [5.41, 5.74) is 17.4. The largest absolute Gasteiger partial charge is 0.481 e. The van der Waals surface area contributed by atoms with E-state index in [0.717, 1.165) is 26.1 Å². The normalized spacial score (nSPS) is 13.4. The summed E-state index contributed by atoms with van der Waals surface area (Å²) in [4.78, 5) is 40.0. The monoisotopic (exact) mass is 468 g/mol. The highest BCUT2D eigenvalue weighted by Crippen LogP contribution is 2.14. The molecule has 1 aromatic carbocycles. The molecule has 0 saturated heterocycles. The Morgan fingerprint density at radius 3 is 1.91 bits per heavy atom. The Balaban J connectivity index is 0. The second-order valence-electron chi connectivity index (χ2n) is 7.57. The van der Waals surface area contributed by atoms with Crippen LogP contribution in [-0.4, -0.2) is 53.0 Å². The van der Waals surface area contributed by atoms with E-state index in [1.807, 2.05) is 0 Å². The molecule has 0 heterocycles. The number of hydrogen-bond donors (Lipinski definition) is 6. The third-order valence-corrected chi connectivity index (χ3v) is 4.30. The highest BCUT2D eigenvalue weighted by atomic mass is 16.4. The van der Waals surface area contributed by atoms with Gasteiger partial charge in [0.05, 0.1) is 0 Å². The molecule has 0 spiro atoms. The molecule has 1 aliphatic rings. The number of aliphatic carboxylic acids is 2. The molecule has 0 aliphatic heterocycles. The van der Waals surface area contributed by atoms with Crippen LogP contribution in [0.15, 0.2) is 24.3 Å². The van der Waals surface area contributed by atoms with Crippen LogP contribution in [0.1, 0.15) is 75.6 Å². The Morgan fingerprint density at radius 2 is 1.58 bits per heavy atom. The highest BCUT2D eigenvalue weighted by molar-refractivity contribution is 5.89. The van der Waals surface area contributed by atoms with Gasteiger partial charge in [0.25, 0.3) is 5.97 Å². The molecule has 1 fully saturated rings. The number of carboxylic acid groups (broad SMARTS) is 2. The predicted octanol–water partition coefficient (Wildman–Crippen LogP) is 2.35. The molecule has 0 bridgehead atoms. The maximum atomic E-state index is 10.6. The Labute approximate surface area is 195 Å². The van der Waals surface area contributed by atoms with Gasteiger partial charge in [0.15, 0.2) is 0 Å². The van der Waals surface area contributed by atoms with Crippen LogP contribution in [0, 0.1) is 0 Å². The van der Waals surface area contributed by atoms with Crippen molar-refractivity contribution in [2.24, 2.45) is 17.2 Å². The van der Waals surface area contributed by atoms with Crippen molar-refractivity contribution in [2.75, 3.05) is 11.9 Å². The fraction of sp³-hybridized carbons (Fsp3) is 0.565. The molecule has 0 aromatic heterocycles. The first-order valence-electron chi connectivity index (χ1n) is 11.0. The number of carboxylic acids is 2. The number of anilines is 1. The van der Waals surface area contributed by atoms with Crippen LogP contribution in [0.2, 0.25) is 0 Å². The molecule has 10 heteroatoms. The quantitative estimate of drug-likeness (QED) is 0.257. The standard InChI is InChI=1S/C9H9NO2.C6H14N2O2.C6H13N.C2H4O2/c1-7(12)10-9-4-2-8(6-11)3-5-9;7-4-2-1-3-5(8)6(9)10;7-6-4-2-1-3-5-6;1-2(3)4/h2-6H,1H3,(H,10,12);5H,1-4,7-8H2,(H,9,10);6H,1-5,7H2;1H3,(H,3,4)/t;5-;;/m.0../s1. The number of hydrogen-bond acceptors (Lipinski definition) is 7. The van der Waals surface area contributed by atoms with E-state index in [1.165, 1.54) is 39.0 Å². The van der Waals surface area contributed by atoms with E-state index in [4.69, 9.17) is 32.2 Å². The lowest BCUT2D eigenvalue weighted by Crippen LogP contribution is -2.29. The minimum absolute atomic E-state index is 0.117. The van der Waals surface area contributed by atoms with Gasteiger partial charge in [-0.3, -0.25) is 19.2 Å². The minimum Gasteiger partial charge on any atom is -0.481 e. The van der Waals surface area contributed by atoms with Gasteiger partial charge in [0.2, 0.25) is 5.91 Å². The second-order valence-corrected chi connectivity index (χ2v) is 7.57. The van der Waals surface area contributed by atoms with Crippen molar-refractivity contribution in [3.05, 3.63) is 29.8 Å². The first kappa shape index (κ1) is 32.4. The lowest BCUT2D eigenvalue weighted by molar-refractivity contribution is -0.138. The van der Waals surface area contributed by atoms with Gasteiger partial charge >= 0.3 is 5.97 Å². The Hall–Kier alpha value is -2.82. The summed E-state index contributed by atoms with van der Waals surface area (Å²) >= 11 is 0. The topological polar surface area (TPSA) is 199 Å². The number of aldehydes is 1. The molecule has 33 heavy (non-hydrogen) atoms. The summed E-state index contributed by atoms with van der Waals surface area (Å²) in [6, 6.07) is 6.49. The summed E-state index contributed by atoms with van der Waals surface area (Å²) in [7, 11) is 0. The molecule has 2 rings (SSSR count). The lowest BCUT2D eigenvalue weighted by atomic mass is 9.97. The third kappa shape index (κ3) is 23.7. The summed E-state index contributed by atoms with van der Waals surface area (Å²) in [6.45, 7) is 3.12. The fourth-order valence-electron chi connectivity index (χ4n) is 2.61. The van der Waals surface area contributed by atoms with Gasteiger partial charge in [-0.15, -0.1) is 0 Å². The molecule has 0 radical (unpaired) electrons. The molecule has 1 aromatic rings. The van der Waals surface area contributed by atoms with Crippen molar-refractivity contribution in [1.82, 2.24) is 0 Å². The Morgan fingerprint density at radius 1 is 1.06 bits per heavy atom. The Bertz CT molecular complexity index is 672. The van der Waals surface area contributed by atoms with Crippen molar-refractivity contribution in [2.45, 2.75) is 77.3 Å². The number of benzene rings is 1. The zero-order chi connectivity index (χ0) is 25.6. The maximum absolute atomic E-state index is 10.6. The van der Waals surface area contributed by atoms with Crippen LogP contribution in [0.25, 0.3) is 0 Å². The molecule has 9 N–H and O–H groups in total. The van der Waals surface area contributed by atoms with Crippen molar-refractivity contribution >= 4 is 29.8 Å². The second kappa shape index (κ2) is 21.0. The van der Waals surface area contributed by atoms with Gasteiger partial charge in [-0.05, 0) is 56.5 Å². The predicted molar refractivity (Wildman–Crippen MR) is 129 cm³/mol. The number of unbranched alkanes of at least 4 members (excludes halogenated alkanes) is 1. The van der Waals surface area contributed by atoms with Crippen LogP contribution < -0.4 is 22.5 Å². The zero-order valence-electron chi connectivity index (χ0n) is 19.7. The van der Waals surface area contributed by atoms with E-state index in [1.54, 1.807) is 24.3 Å². The van der Waals surface area contributed by atoms with Crippen molar-refractivity contribution < 1.29 is 29.4 Å². The smallest absolute Gasteiger partial charge is 0.320 e. The van der Waals surface area contributed by atoms with Gasteiger partial charge in [-0.1, -0.05) is 25.7 Å². The summed E-state index contributed by atoms with van der Waals surface area (Å²) in [6.07, 6.45) is 9.59. The lowest BCUT2D eigenvalue weighted by Gasteiger charge is -2.15. The maximum Gasteiger partial charge on any atom is 0.320 e. The molecule has 1 atom stereocenters. The zero-order valence-corrected chi connectivity index (χ0v) is 19.7. The number of amides is 1. The first-order chi connectivity index (χ1) is 15.5. The molecular formula is C23H40N4O6. The summed E-state index contributed by atoms with van der Waals surface area (Å²) < 4.78 is 0. The number of carbonyl (C=O) groups is 4. The average Bonchev–Trinajstić information content (AvgIpc) is 2.75. The number of rotatable bonds is 7. The molecule has 1 amide bonds. The molecule has 10 nitrogen and oxygen atoms in total. The van der Waals surface area contributed by atoms with E-state index in [0.29, 0.717) is 30.3 Å². The first-order valence-corrected chi connectivity index (χ1v) is 11.0. The minimum atomic E-state index is -0.933. The number of nitrogens with one attached hydrogen (secondary N) is 1. The van der Waals surface area contributed by atoms with Gasteiger partial charge in [-0.25, -0.2) is 0 Å². The summed E-state index contributed by atoms with van der Waals surface area (Å²) in [5, 5.41) is 18.3. The van der Waals surface area contributed by atoms with Crippen LogP contribution >= 0.6 is 0 Å². The van der Waals surface area contributed by atoms with E-state index in [2.05, 4.69) is 5.32 Å². The molecule has 0 unspecified atom stereocenters. The van der Waals surface area contributed by atoms with Crippen LogP contribution in [-0.2, 0) is 14.4 Å². The van der Waals surface area contributed by atoms with Crippen molar-refractivity contribution in [3.63, 3.8) is 0 Å². The number of carbonyl (C=O) groups excluding carboxylic acids is 2. The van der Waals surface area contributed by atoms with E-state index in [9.17, 15) is 14.4 Å². The summed E-state index contributed by atoms with van der Waals surface area (Å²) in [5.74, 6) is -1.88.